The zero-order chi connectivity index (χ0) is 21.1. The molecule has 3 rings (SSSR count). The average Bonchev–Trinajstić information content (AvgIpc) is 3.08. The number of anilines is 4. The van der Waals surface area contributed by atoms with Gasteiger partial charge in [0, 0.05) is 6.04 Å². The van der Waals surface area contributed by atoms with Gasteiger partial charge in [-0.2, -0.15) is 10.1 Å². The summed E-state index contributed by atoms with van der Waals surface area (Å²) in [7, 11) is 0. The van der Waals surface area contributed by atoms with Crippen molar-refractivity contribution in [1.82, 2.24) is 19.7 Å². The topological polar surface area (TPSA) is 114 Å². The molecule has 0 radical (unpaired) electrons. The van der Waals surface area contributed by atoms with Crippen molar-refractivity contribution in [3.05, 3.63) is 30.0 Å². The van der Waals surface area contributed by atoms with Crippen LogP contribution in [0.4, 0.5) is 23.1 Å². The normalized spacial score (nSPS) is 12.7. The number of nitrogens with two attached hydrogens (primary N) is 1. The van der Waals surface area contributed by atoms with Crippen LogP contribution >= 0.6 is 0 Å². The smallest absolute Gasteiger partial charge is 0.225 e. The number of hydrogen-bond acceptors (Lipinski definition) is 7. The molecule has 5 N–H and O–H groups in total. The van der Waals surface area contributed by atoms with Gasteiger partial charge in [-0.15, -0.1) is 0 Å². The Morgan fingerprint density at radius 3 is 2.45 bits per heavy atom. The number of nitrogens with zero attached hydrogens (tertiary/aromatic N) is 4. The lowest BCUT2D eigenvalue weighted by atomic mass is 10.1. The van der Waals surface area contributed by atoms with Crippen LogP contribution in [0.15, 0.2) is 24.3 Å². The lowest BCUT2D eigenvalue weighted by molar-refractivity contribution is 0.271. The quantitative estimate of drug-likeness (QED) is 0.424. The van der Waals surface area contributed by atoms with Crippen LogP contribution in [0.3, 0.4) is 0 Å². The number of nitrogen functional groups attached to an aromatic ring is 1. The molecule has 8 heteroatoms. The summed E-state index contributed by atoms with van der Waals surface area (Å²) >= 11 is 0. The molecule has 0 aliphatic carbocycles. The van der Waals surface area contributed by atoms with Crippen molar-refractivity contribution in [2.24, 2.45) is 0 Å². The maximum atomic E-state index is 9.59. The van der Waals surface area contributed by atoms with E-state index in [2.05, 4.69) is 38.3 Å². The Labute approximate surface area is 171 Å². The van der Waals surface area contributed by atoms with E-state index in [9.17, 15) is 5.11 Å². The molecule has 8 nitrogen and oxygen atoms in total. The van der Waals surface area contributed by atoms with E-state index in [4.69, 9.17) is 20.8 Å². The maximum absolute atomic E-state index is 9.59. The molecule has 3 aromatic rings. The summed E-state index contributed by atoms with van der Waals surface area (Å²) in [6.45, 7) is 10.4. The number of para-hydroxylation sites is 2. The second-order valence-corrected chi connectivity index (χ2v) is 7.82. The molecule has 1 unspecified atom stereocenters. The molecule has 0 fully saturated rings. The first kappa shape index (κ1) is 20.9. The van der Waals surface area contributed by atoms with Gasteiger partial charge in [0.25, 0.3) is 0 Å². The second kappa shape index (κ2) is 8.65. The van der Waals surface area contributed by atoms with Crippen LogP contribution in [-0.2, 0) is 0 Å². The number of hydrogen-bond donors (Lipinski definition) is 4. The van der Waals surface area contributed by atoms with E-state index in [0.29, 0.717) is 17.5 Å². The van der Waals surface area contributed by atoms with Gasteiger partial charge in [-0.05, 0) is 38.3 Å². The van der Waals surface area contributed by atoms with Crippen LogP contribution in [0.5, 0.6) is 0 Å². The van der Waals surface area contributed by atoms with Gasteiger partial charge in [0.05, 0.1) is 29.7 Å². The van der Waals surface area contributed by atoms with E-state index >= 15 is 0 Å². The molecule has 0 aliphatic heterocycles. The van der Waals surface area contributed by atoms with Gasteiger partial charge in [-0.1, -0.05) is 32.9 Å². The molecule has 0 amide bonds. The van der Waals surface area contributed by atoms with E-state index < -0.39 is 0 Å². The largest absolute Gasteiger partial charge is 0.397 e. The number of fused-ring (bicyclic) bond motifs is 1. The van der Waals surface area contributed by atoms with Crippen LogP contribution in [0.1, 0.15) is 58.7 Å². The summed E-state index contributed by atoms with van der Waals surface area (Å²) in [4.78, 5) is 9.50. The molecule has 1 atom stereocenters. The molecule has 0 saturated carbocycles. The number of aromatic nitrogens is 4. The first-order chi connectivity index (χ1) is 13.8. The van der Waals surface area contributed by atoms with Crippen molar-refractivity contribution in [2.75, 3.05) is 23.0 Å². The minimum Gasteiger partial charge on any atom is -0.397 e. The maximum Gasteiger partial charge on any atom is 0.225 e. The average molecular weight is 398 g/mol. The molecular formula is C21H31N7O. The van der Waals surface area contributed by atoms with Gasteiger partial charge in [0.1, 0.15) is 11.0 Å². The fraction of sp³-hybridized carbons (Fsp3) is 0.476. The first-order valence-corrected chi connectivity index (χ1v) is 10.1. The highest BCUT2D eigenvalue weighted by Crippen LogP contribution is 2.33. The van der Waals surface area contributed by atoms with Gasteiger partial charge in [-0.25, -0.2) is 4.98 Å². The Bertz CT molecular complexity index is 977. The van der Waals surface area contributed by atoms with Crippen LogP contribution in [0.25, 0.3) is 11.0 Å². The van der Waals surface area contributed by atoms with Crippen molar-refractivity contribution in [2.45, 2.75) is 59.0 Å². The van der Waals surface area contributed by atoms with Gasteiger partial charge < -0.3 is 21.5 Å². The van der Waals surface area contributed by atoms with Crippen LogP contribution in [-0.4, -0.2) is 37.5 Å². The molecule has 2 aromatic heterocycles. The lowest BCUT2D eigenvalue weighted by Crippen LogP contribution is -2.24. The van der Waals surface area contributed by atoms with Crippen molar-refractivity contribution >= 4 is 34.2 Å². The van der Waals surface area contributed by atoms with Crippen LogP contribution < -0.4 is 16.4 Å². The first-order valence-electron chi connectivity index (χ1n) is 10.1. The number of rotatable bonds is 8. The van der Waals surface area contributed by atoms with Crippen molar-refractivity contribution in [3.8, 4) is 0 Å². The zero-order valence-electron chi connectivity index (χ0n) is 17.8. The number of aliphatic hydroxyl groups excluding tert-OH is 1. The highest BCUT2D eigenvalue weighted by molar-refractivity contribution is 5.92. The molecule has 2 heterocycles. The van der Waals surface area contributed by atoms with E-state index in [1.165, 1.54) is 0 Å². The van der Waals surface area contributed by atoms with Gasteiger partial charge in [0.15, 0.2) is 5.82 Å². The van der Waals surface area contributed by atoms with Crippen LogP contribution in [0, 0.1) is 0 Å². The van der Waals surface area contributed by atoms with Crippen molar-refractivity contribution in [3.63, 3.8) is 0 Å². The predicted octanol–water partition coefficient (Wildman–Crippen LogP) is 4.04. The summed E-state index contributed by atoms with van der Waals surface area (Å²) in [6, 6.07) is 7.60. The molecule has 29 heavy (non-hydrogen) atoms. The fourth-order valence-electron chi connectivity index (χ4n) is 3.18. The third-order valence-corrected chi connectivity index (χ3v) is 4.87. The number of benzene rings is 1. The molecule has 0 aliphatic rings. The lowest BCUT2D eigenvalue weighted by Gasteiger charge is -2.17. The Morgan fingerprint density at radius 2 is 1.86 bits per heavy atom. The summed E-state index contributed by atoms with van der Waals surface area (Å²) in [5.41, 5.74) is 10.1. The minimum atomic E-state index is -0.121. The highest BCUT2D eigenvalue weighted by Gasteiger charge is 2.22. The van der Waals surface area contributed by atoms with Crippen molar-refractivity contribution < 1.29 is 5.11 Å². The number of aliphatic hydroxyl groups is 1. The van der Waals surface area contributed by atoms with Gasteiger partial charge in [0.2, 0.25) is 5.95 Å². The molecule has 0 bridgehead atoms. The zero-order valence-corrected chi connectivity index (χ0v) is 17.8. The summed E-state index contributed by atoms with van der Waals surface area (Å²) < 4.78 is 1.96. The molecule has 156 valence electrons. The van der Waals surface area contributed by atoms with Crippen LogP contribution in [0.2, 0.25) is 0 Å². The molecule has 1 aromatic carbocycles. The fourth-order valence-corrected chi connectivity index (χ4v) is 3.18. The van der Waals surface area contributed by atoms with E-state index in [1.807, 2.05) is 35.9 Å². The summed E-state index contributed by atoms with van der Waals surface area (Å²) in [5, 5.41) is 21.0. The highest BCUT2D eigenvalue weighted by atomic mass is 16.3. The summed E-state index contributed by atoms with van der Waals surface area (Å²) in [6.07, 6.45) is 0.759. The van der Waals surface area contributed by atoms with Crippen molar-refractivity contribution in [1.29, 1.82) is 0 Å². The second-order valence-electron chi connectivity index (χ2n) is 7.82. The standard InChI is InChI=1S/C21H31N7O/c1-6-14(11-29)23-21-25-18-17(12(2)3)27-28(13(4)5)19(18)20(26-21)24-16-10-8-7-9-15(16)22/h7-10,12-14,29H,6,11,22H2,1-5H3,(H2,23,24,25,26). The van der Waals surface area contributed by atoms with E-state index in [0.717, 1.165) is 28.8 Å². The third-order valence-electron chi connectivity index (χ3n) is 4.87. The van der Waals surface area contributed by atoms with E-state index in [-0.39, 0.29) is 24.6 Å². The van der Waals surface area contributed by atoms with Gasteiger partial charge >= 0.3 is 0 Å². The molecular weight excluding hydrogens is 366 g/mol. The third kappa shape index (κ3) is 4.27. The summed E-state index contributed by atoms with van der Waals surface area (Å²) in [5.74, 6) is 1.30. The monoisotopic (exact) mass is 397 g/mol. The minimum absolute atomic E-state index is 0.00852. The Balaban J connectivity index is 2.23. The van der Waals surface area contributed by atoms with E-state index in [1.54, 1.807) is 0 Å². The van der Waals surface area contributed by atoms with Gasteiger partial charge in [-0.3, -0.25) is 4.68 Å². The SMILES string of the molecule is CCC(CO)Nc1nc(Nc2ccccc2N)c2c(n1)c(C(C)C)nn2C(C)C. The Hall–Kier alpha value is -2.87. The number of nitrogens with one attached hydrogen (secondary N) is 2. The predicted molar refractivity (Wildman–Crippen MR) is 119 cm³/mol. The Morgan fingerprint density at radius 1 is 1.14 bits per heavy atom. The Kier molecular flexibility index (Phi) is 6.22. The molecule has 0 saturated heterocycles. The molecule has 0 spiro atoms.